The summed E-state index contributed by atoms with van der Waals surface area (Å²) in [6.45, 7) is 1.80. The fourth-order valence-corrected chi connectivity index (χ4v) is 2.75. The number of carbonyl (C=O) groups is 1. The van der Waals surface area contributed by atoms with E-state index < -0.39 is 0 Å². The van der Waals surface area contributed by atoms with Crippen molar-refractivity contribution >= 4 is 17.5 Å². The topological polar surface area (TPSA) is 50.2 Å². The van der Waals surface area contributed by atoms with E-state index in [1.54, 1.807) is 27.9 Å². The molecule has 1 aromatic carbocycles. The van der Waals surface area contributed by atoms with Gasteiger partial charge in [-0.15, -0.1) is 0 Å². The zero-order chi connectivity index (χ0) is 14.8. The second-order valence-corrected chi connectivity index (χ2v) is 5.57. The van der Waals surface area contributed by atoms with Gasteiger partial charge in [0.15, 0.2) is 5.69 Å². The molecule has 110 valence electrons. The van der Waals surface area contributed by atoms with Gasteiger partial charge in [-0.05, 0) is 31.2 Å². The molecule has 0 spiro atoms. The summed E-state index contributed by atoms with van der Waals surface area (Å²) in [5.74, 6) is -0.0606. The van der Waals surface area contributed by atoms with Crippen molar-refractivity contribution in [2.45, 2.75) is 12.5 Å². The summed E-state index contributed by atoms with van der Waals surface area (Å²) in [5.41, 5.74) is 1.20. The highest BCUT2D eigenvalue weighted by Crippen LogP contribution is 2.19. The first-order chi connectivity index (χ1) is 10.2. The van der Waals surface area contributed by atoms with E-state index in [0.717, 1.165) is 25.2 Å². The molecule has 1 aromatic heterocycles. The first-order valence-corrected chi connectivity index (χ1v) is 7.33. The number of benzene rings is 1. The molecule has 1 fully saturated rings. The zero-order valence-corrected chi connectivity index (χ0v) is 12.5. The number of carbonyl (C=O) groups excluding carboxylic acids is 1. The fraction of sp³-hybridized carbons (Fsp3) is 0.333. The third-order valence-electron chi connectivity index (χ3n) is 3.81. The third kappa shape index (κ3) is 2.80. The van der Waals surface area contributed by atoms with Crippen LogP contribution in [-0.2, 0) is 0 Å². The number of hydrogen-bond acceptors (Lipinski definition) is 3. The summed E-state index contributed by atoms with van der Waals surface area (Å²) in [6, 6.07) is 9.39. The van der Waals surface area contributed by atoms with Crippen LogP contribution in [0.1, 0.15) is 16.9 Å². The maximum atomic E-state index is 12.5. The van der Waals surface area contributed by atoms with E-state index in [0.29, 0.717) is 10.7 Å². The number of amides is 1. The van der Waals surface area contributed by atoms with Gasteiger partial charge in [-0.25, -0.2) is 4.68 Å². The molecule has 0 bridgehead atoms. The van der Waals surface area contributed by atoms with Crippen LogP contribution >= 0.6 is 11.6 Å². The molecule has 0 radical (unpaired) electrons. The Bertz CT molecular complexity index is 649. The van der Waals surface area contributed by atoms with Crippen LogP contribution in [0.15, 0.2) is 36.5 Å². The molecule has 5 nitrogen and oxygen atoms in total. The van der Waals surface area contributed by atoms with Crippen LogP contribution in [0, 0.1) is 0 Å². The van der Waals surface area contributed by atoms with Crippen LogP contribution in [0.5, 0.6) is 0 Å². The number of nitrogens with one attached hydrogen (secondary N) is 1. The van der Waals surface area contributed by atoms with Gasteiger partial charge in [0.05, 0.1) is 10.7 Å². The summed E-state index contributed by atoms with van der Waals surface area (Å²) in [5, 5.41) is 8.22. The predicted molar refractivity (Wildman–Crippen MR) is 81.9 cm³/mol. The maximum absolute atomic E-state index is 12.5. The number of likely N-dealkylation sites (N-methyl/N-ethyl adjacent to an activating group) is 1. The molecule has 0 saturated carbocycles. The number of aromatic nitrogens is 2. The van der Waals surface area contributed by atoms with Gasteiger partial charge in [0, 0.05) is 25.8 Å². The lowest BCUT2D eigenvalue weighted by Gasteiger charge is -2.22. The molecule has 1 atom stereocenters. The van der Waals surface area contributed by atoms with Crippen LogP contribution < -0.4 is 5.32 Å². The molecule has 1 N–H and O–H groups in total. The van der Waals surface area contributed by atoms with E-state index >= 15 is 0 Å². The number of hydrogen-bond donors (Lipinski definition) is 1. The van der Waals surface area contributed by atoms with Gasteiger partial charge in [-0.3, -0.25) is 4.79 Å². The third-order valence-corrected chi connectivity index (χ3v) is 4.13. The molecular weight excluding hydrogens is 288 g/mol. The SMILES string of the molecule is CN(C(=O)c1ccn(-c2ccccc2Cl)n1)C1CCNC1. The van der Waals surface area contributed by atoms with Gasteiger partial charge in [-0.2, -0.15) is 5.10 Å². The van der Waals surface area contributed by atoms with Crippen molar-refractivity contribution in [2.24, 2.45) is 0 Å². The van der Waals surface area contributed by atoms with E-state index in [-0.39, 0.29) is 11.9 Å². The van der Waals surface area contributed by atoms with E-state index in [9.17, 15) is 4.79 Å². The Labute approximate surface area is 128 Å². The molecular formula is C15H17ClN4O. The Morgan fingerprint density at radius 2 is 2.24 bits per heavy atom. The molecule has 3 rings (SSSR count). The molecule has 1 saturated heterocycles. The lowest BCUT2D eigenvalue weighted by molar-refractivity contribution is 0.0737. The van der Waals surface area contributed by atoms with E-state index in [2.05, 4.69) is 10.4 Å². The minimum Gasteiger partial charge on any atom is -0.336 e. The van der Waals surface area contributed by atoms with Crippen molar-refractivity contribution in [2.75, 3.05) is 20.1 Å². The maximum Gasteiger partial charge on any atom is 0.274 e. The van der Waals surface area contributed by atoms with Crippen molar-refractivity contribution in [3.05, 3.63) is 47.2 Å². The molecule has 1 unspecified atom stereocenters. The van der Waals surface area contributed by atoms with Crippen molar-refractivity contribution in [1.82, 2.24) is 20.0 Å². The normalized spacial score (nSPS) is 17.9. The number of para-hydroxylation sites is 1. The standard InChI is InChI=1S/C15H17ClN4O/c1-19(11-6-8-17-10-11)15(21)13-7-9-20(18-13)14-5-3-2-4-12(14)16/h2-5,7,9,11,17H,6,8,10H2,1H3. The molecule has 0 aliphatic carbocycles. The summed E-state index contributed by atoms with van der Waals surface area (Å²) in [4.78, 5) is 14.2. The summed E-state index contributed by atoms with van der Waals surface area (Å²) >= 11 is 6.15. The molecule has 1 aliphatic heterocycles. The predicted octanol–water partition coefficient (Wildman–Crippen LogP) is 1.96. The van der Waals surface area contributed by atoms with Crippen LogP contribution in [0.4, 0.5) is 0 Å². The highest BCUT2D eigenvalue weighted by atomic mass is 35.5. The summed E-state index contributed by atoms with van der Waals surface area (Å²) in [7, 11) is 1.83. The van der Waals surface area contributed by atoms with Gasteiger partial charge in [0.1, 0.15) is 0 Å². The number of halogens is 1. The molecule has 1 aliphatic rings. The first kappa shape index (κ1) is 14.1. The Hall–Kier alpha value is -1.85. The van der Waals surface area contributed by atoms with E-state index in [4.69, 9.17) is 11.6 Å². The number of nitrogens with zero attached hydrogens (tertiary/aromatic N) is 3. The van der Waals surface area contributed by atoms with Crippen molar-refractivity contribution in [1.29, 1.82) is 0 Å². The van der Waals surface area contributed by atoms with E-state index in [1.807, 2.05) is 25.2 Å². The van der Waals surface area contributed by atoms with Crippen LogP contribution in [-0.4, -0.2) is 46.8 Å². The van der Waals surface area contributed by atoms with Gasteiger partial charge in [0.25, 0.3) is 5.91 Å². The monoisotopic (exact) mass is 304 g/mol. The molecule has 1 amide bonds. The highest BCUT2D eigenvalue weighted by Gasteiger charge is 2.25. The van der Waals surface area contributed by atoms with Gasteiger partial charge in [-0.1, -0.05) is 23.7 Å². The van der Waals surface area contributed by atoms with Crippen molar-refractivity contribution in [3.63, 3.8) is 0 Å². The highest BCUT2D eigenvalue weighted by molar-refractivity contribution is 6.32. The second kappa shape index (κ2) is 5.87. The lowest BCUT2D eigenvalue weighted by Crippen LogP contribution is -2.38. The van der Waals surface area contributed by atoms with Crippen LogP contribution in [0.3, 0.4) is 0 Å². The molecule has 2 heterocycles. The van der Waals surface area contributed by atoms with Crippen molar-refractivity contribution < 1.29 is 4.79 Å². The lowest BCUT2D eigenvalue weighted by atomic mass is 10.2. The average Bonchev–Trinajstić information content (AvgIpc) is 3.17. The largest absolute Gasteiger partial charge is 0.336 e. The molecule has 2 aromatic rings. The summed E-state index contributed by atoms with van der Waals surface area (Å²) in [6.07, 6.45) is 2.74. The number of rotatable bonds is 3. The van der Waals surface area contributed by atoms with E-state index in [1.165, 1.54) is 0 Å². The summed E-state index contributed by atoms with van der Waals surface area (Å²) < 4.78 is 1.64. The minimum absolute atomic E-state index is 0.0606. The average molecular weight is 305 g/mol. The Balaban J connectivity index is 1.81. The quantitative estimate of drug-likeness (QED) is 0.943. The second-order valence-electron chi connectivity index (χ2n) is 5.16. The van der Waals surface area contributed by atoms with Gasteiger partial charge in [0.2, 0.25) is 0 Å². The zero-order valence-electron chi connectivity index (χ0n) is 11.8. The smallest absolute Gasteiger partial charge is 0.274 e. The molecule has 6 heteroatoms. The minimum atomic E-state index is -0.0606. The van der Waals surface area contributed by atoms with Crippen molar-refractivity contribution in [3.8, 4) is 5.69 Å². The molecule has 21 heavy (non-hydrogen) atoms. The Kier molecular flexibility index (Phi) is 3.94. The van der Waals surface area contributed by atoms with Crippen LogP contribution in [0.25, 0.3) is 5.69 Å². The first-order valence-electron chi connectivity index (χ1n) is 6.95. The van der Waals surface area contributed by atoms with Gasteiger partial charge >= 0.3 is 0 Å². The fourth-order valence-electron chi connectivity index (χ4n) is 2.53. The van der Waals surface area contributed by atoms with Gasteiger partial charge < -0.3 is 10.2 Å². The Morgan fingerprint density at radius 1 is 1.43 bits per heavy atom. The van der Waals surface area contributed by atoms with Crippen LogP contribution in [0.2, 0.25) is 5.02 Å². The Morgan fingerprint density at radius 3 is 2.95 bits per heavy atom.